The van der Waals surface area contributed by atoms with Crippen LogP contribution < -0.4 is 14.7 Å². The van der Waals surface area contributed by atoms with Crippen LogP contribution in [0.2, 0.25) is 0 Å². The zero-order chi connectivity index (χ0) is 100. The average Bonchev–Trinajstić information content (AvgIpc) is 1.58. The summed E-state index contributed by atoms with van der Waals surface area (Å²) >= 11 is 0. The van der Waals surface area contributed by atoms with Gasteiger partial charge in [0.1, 0.15) is 16.9 Å². The van der Waals surface area contributed by atoms with E-state index in [0.717, 1.165) is 145 Å². The summed E-state index contributed by atoms with van der Waals surface area (Å²) in [6.45, 7) is 0. The van der Waals surface area contributed by atoms with Gasteiger partial charge in [0.05, 0.1) is 96.9 Å². The molecule has 0 saturated heterocycles. The molecule has 0 saturated carbocycles. The molecular weight excluding hydrogens is 1780 g/mol. The summed E-state index contributed by atoms with van der Waals surface area (Å²) in [7, 11) is 0. The van der Waals surface area contributed by atoms with Crippen LogP contribution in [0.25, 0.3) is 252 Å². The molecule has 146 heavy (non-hydrogen) atoms. The van der Waals surface area contributed by atoms with E-state index in [-0.39, 0.29) is 23.3 Å². The number of nitrogens with zero attached hydrogens (tertiary/aromatic N) is 9. The first kappa shape index (κ1) is 77.2. The molecule has 3 aliphatic heterocycles. The average molecular weight is 1860 g/mol. The van der Waals surface area contributed by atoms with Gasteiger partial charge in [-0.25, -0.2) is 29.9 Å². The van der Waals surface area contributed by atoms with E-state index < -0.39 is 18.1 Å². The quantitative estimate of drug-likeness (QED) is 0.137. The van der Waals surface area contributed by atoms with Crippen molar-refractivity contribution in [2.75, 3.05) is 14.7 Å². The number of hydrogen-bond donors (Lipinski definition) is 0. The van der Waals surface area contributed by atoms with Gasteiger partial charge in [0.2, 0.25) is 0 Å². The Morgan fingerprint density at radius 1 is 0.178 bits per heavy atom. The molecule has 0 spiro atoms. The van der Waals surface area contributed by atoms with Gasteiger partial charge in [-0.15, -0.1) is 0 Å². The van der Waals surface area contributed by atoms with Crippen LogP contribution in [0.1, 0.15) is 6.85 Å². The van der Waals surface area contributed by atoms with Crippen LogP contribution in [0.5, 0.6) is 0 Å². The van der Waals surface area contributed by atoms with Gasteiger partial charge in [0, 0.05) is 82.8 Å². The minimum absolute atomic E-state index is 0.0248. The topological polar surface area (TPSA) is 100 Å². The van der Waals surface area contributed by atoms with Crippen molar-refractivity contribution in [2.24, 2.45) is 0 Å². The number of fused-ring (bicyclic) bond motifs is 20. The molecule has 0 amide bonds. The maximum Gasteiger partial charge on any atom is 0.165 e. The van der Waals surface area contributed by atoms with Crippen molar-refractivity contribution < 1.29 is 11.3 Å². The number of anilines is 9. The lowest BCUT2D eigenvalue weighted by Crippen LogP contribution is -2.18. The van der Waals surface area contributed by atoms with Gasteiger partial charge in [-0.3, -0.25) is 4.90 Å². The highest BCUT2D eigenvalue weighted by Crippen LogP contribution is 2.58. The van der Waals surface area contributed by atoms with Crippen molar-refractivity contribution in [3.63, 3.8) is 0 Å². The van der Waals surface area contributed by atoms with E-state index in [9.17, 15) is 0 Å². The lowest BCUT2D eigenvalue weighted by atomic mass is 9.89. The monoisotopic (exact) mass is 1860 g/mol. The molecule has 0 atom stereocenters. The van der Waals surface area contributed by atoms with Crippen molar-refractivity contribution in [2.45, 2.75) is 0 Å². The van der Waals surface area contributed by atoms with Crippen molar-refractivity contribution in [1.82, 2.24) is 29.9 Å². The number of rotatable bonds is 8. The smallest absolute Gasteiger partial charge is 0.165 e. The Morgan fingerprint density at radius 2 is 0.541 bits per heavy atom. The fourth-order valence-electron chi connectivity index (χ4n) is 23.1. The molecule has 4 aromatic heterocycles. The highest BCUT2D eigenvalue weighted by molar-refractivity contribution is 6.23. The summed E-state index contributed by atoms with van der Waals surface area (Å²) in [6.07, 6.45) is 0. The fourth-order valence-corrected chi connectivity index (χ4v) is 23.1. The molecule has 29 aromatic rings. The molecule has 25 aromatic carbocycles. The summed E-state index contributed by atoms with van der Waals surface area (Å²) in [6, 6.07) is 161. The Morgan fingerprint density at radius 3 is 1.09 bits per heavy atom. The molecule has 7 heterocycles. The molecule has 10 nitrogen and oxygen atoms in total. The second kappa shape index (κ2) is 33.0. The molecule has 0 unspecified atom stereocenters. The van der Waals surface area contributed by atoms with Crippen molar-refractivity contribution >= 4 is 214 Å². The van der Waals surface area contributed by atoms with Gasteiger partial charge in [-0.1, -0.05) is 352 Å². The predicted molar refractivity (Wildman–Crippen MR) is 609 cm³/mol. The molecule has 3 aliphatic rings. The van der Waals surface area contributed by atoms with E-state index >= 15 is 0 Å². The Hall–Kier alpha value is -19.7. The highest BCUT2D eigenvalue weighted by Gasteiger charge is 2.35. The first-order chi connectivity index (χ1) is 74.4. The number of para-hydroxylation sites is 7. The molecule has 0 N–H and O–H groups in total. The molecule has 10 heteroatoms. The zero-order valence-electron chi connectivity index (χ0n) is 83.3. The summed E-state index contributed by atoms with van der Waals surface area (Å²) in [5.74, 6) is 0.792. The Labute approximate surface area is 845 Å². The molecule has 0 radical (unpaired) electrons. The Balaban J connectivity index is 0.000000104. The first-order valence-electron chi connectivity index (χ1n) is 51.8. The van der Waals surface area contributed by atoms with Gasteiger partial charge in [0.25, 0.3) is 0 Å². The van der Waals surface area contributed by atoms with Crippen LogP contribution >= 0.6 is 0 Å². The Kier molecular flexibility index (Phi) is 17.4. The first-order valence-corrected chi connectivity index (χ1v) is 49.3. The SMILES string of the molecule is [2H]c1c([2H])c([2H])c(-c2nc3ccccc3nc2-c2cccc3cc(N4c5cc6ccccc6cc5-c5cccc6cccc4c56)ccc23)c([2H])c1[2H].c1ccc2cc3c(cc2c1)-c1cccc2cccc(c12)N3c1ccc2ccc(-c3nc4ccccc4nc3-c3cc4ccccc4c4ccccc34)cc2c1.c1ccc2cc3c(cc2c1)-c1cccc2cccc(c12)N3c1nc2ccccc2nc1-c1cccc2oc3ccccc3c12. The van der Waals surface area contributed by atoms with Crippen molar-refractivity contribution in [3.05, 3.63) is 491 Å². The van der Waals surface area contributed by atoms with E-state index in [0.29, 0.717) is 16.7 Å². The van der Waals surface area contributed by atoms with E-state index in [1.165, 1.54) is 131 Å². The van der Waals surface area contributed by atoms with Gasteiger partial charge < -0.3 is 14.2 Å². The summed E-state index contributed by atoms with van der Waals surface area (Å²) in [5, 5.41) is 25.6. The van der Waals surface area contributed by atoms with E-state index in [1.807, 2.05) is 97.1 Å². The molecule has 0 bridgehead atoms. The lowest BCUT2D eigenvalue weighted by Gasteiger charge is -2.34. The number of aromatic nitrogens is 6. The van der Waals surface area contributed by atoms with E-state index in [2.05, 4.69) is 379 Å². The van der Waals surface area contributed by atoms with Crippen LogP contribution in [0.15, 0.2) is 496 Å². The minimum Gasteiger partial charge on any atom is -0.456 e. The highest BCUT2D eigenvalue weighted by atomic mass is 16.3. The van der Waals surface area contributed by atoms with Crippen LogP contribution in [0.4, 0.5) is 51.3 Å². The van der Waals surface area contributed by atoms with Crippen LogP contribution in [0.3, 0.4) is 0 Å². The third-order valence-corrected chi connectivity index (χ3v) is 29.6. The third kappa shape index (κ3) is 13.2. The number of hydrogen-bond acceptors (Lipinski definition) is 10. The second-order valence-corrected chi connectivity index (χ2v) is 37.8. The minimum atomic E-state index is -0.447. The van der Waals surface area contributed by atoms with Gasteiger partial charge in [-0.05, 0) is 248 Å². The molecule has 32 rings (SSSR count). The van der Waals surface area contributed by atoms with Crippen LogP contribution in [-0.2, 0) is 0 Å². The maximum absolute atomic E-state index is 8.81. The van der Waals surface area contributed by atoms with E-state index in [4.69, 9.17) is 41.2 Å². The third-order valence-electron chi connectivity index (χ3n) is 29.6. The molecule has 0 aliphatic carbocycles. The predicted octanol–water partition coefficient (Wildman–Crippen LogP) is 37.0. The maximum atomic E-state index is 8.81. The molecule has 0 fully saturated rings. The van der Waals surface area contributed by atoms with Gasteiger partial charge >= 0.3 is 0 Å². The number of benzene rings is 25. The second-order valence-electron chi connectivity index (χ2n) is 37.8. The zero-order valence-corrected chi connectivity index (χ0v) is 78.3. The standard InChI is InChI=1S/C52H31N3.C44H27N3.C40H23N3O/c1-2-12-35-31-49-44(29-34(35)11-1)43-19-9-14-33-15-10-22-48(50(33)43)55(49)39-26-25-32-23-24-37(27-38(32)28-39)51-52(54-47-21-8-7-20-46(47)53-51)45-30-36-13-3-4-16-40(36)41-17-5-6-18-42(41)45;1-2-11-29(12-3-1)43-44(46-39-21-7-6-20-38(39)45-43)36-19-9-17-32-25-33(23-24-34(32)36)47-40-22-10-16-28-15-8-18-35(42(28)40)37-26-30-13-4-5-14-31(30)27-41(37)47;1-2-11-26-23-34-30(22-25(26)10-1)27-15-7-12-24-13-8-19-33(37(24)27)43(34)40-39(41-31-17-4-5-18-32(31)42-40)29-16-9-21-36-38(29)28-14-3-6-20-35(28)44-36/h1-31H;1-27H;1-23H/i;1D,2D,3D,11D,12D;. The van der Waals surface area contributed by atoms with E-state index in [1.54, 1.807) is 0 Å². The van der Waals surface area contributed by atoms with Crippen molar-refractivity contribution in [3.8, 4) is 89.7 Å². The van der Waals surface area contributed by atoms with Gasteiger partial charge in [-0.2, -0.15) is 0 Å². The van der Waals surface area contributed by atoms with Gasteiger partial charge in [0.15, 0.2) is 5.82 Å². The van der Waals surface area contributed by atoms with Crippen LogP contribution in [-0.4, -0.2) is 29.9 Å². The summed E-state index contributed by atoms with van der Waals surface area (Å²) < 4.78 is 48.9. The molecular formula is C136H81N9O. The van der Waals surface area contributed by atoms with Crippen molar-refractivity contribution in [1.29, 1.82) is 0 Å². The van der Waals surface area contributed by atoms with Crippen LogP contribution in [0, 0.1) is 0 Å². The fraction of sp³-hybridized carbons (Fsp3) is 0. The lowest BCUT2D eigenvalue weighted by molar-refractivity contribution is 0.669. The number of furan rings is 1. The largest absolute Gasteiger partial charge is 0.456 e. The summed E-state index contributed by atoms with van der Waals surface area (Å²) in [5.41, 5.74) is 29.7. The Bertz CT molecular complexity index is 10900. The molecule has 676 valence electrons. The normalized spacial score (nSPS) is 12.8. The summed E-state index contributed by atoms with van der Waals surface area (Å²) in [4.78, 5) is 38.6.